The van der Waals surface area contributed by atoms with Crippen LogP contribution in [0.3, 0.4) is 0 Å². The summed E-state index contributed by atoms with van der Waals surface area (Å²) in [6.45, 7) is 0.583. The van der Waals surface area contributed by atoms with Crippen molar-refractivity contribution in [1.82, 2.24) is 4.72 Å². The fraction of sp³-hybridized carbons (Fsp3) is 0.133. The van der Waals surface area contributed by atoms with E-state index >= 15 is 0 Å². The number of hydrogen-bond acceptors (Lipinski definition) is 6. The smallest absolute Gasteiger partial charge is 0.263 e. The van der Waals surface area contributed by atoms with Crippen LogP contribution in [0.2, 0.25) is 0 Å². The van der Waals surface area contributed by atoms with E-state index in [1.807, 2.05) is 0 Å². The first-order valence-electron chi connectivity index (χ1n) is 7.35. The maximum Gasteiger partial charge on any atom is 0.263 e. The van der Waals surface area contributed by atoms with Gasteiger partial charge in [0, 0.05) is 15.9 Å². The van der Waals surface area contributed by atoms with Crippen molar-refractivity contribution in [1.29, 1.82) is 0 Å². The van der Waals surface area contributed by atoms with Crippen LogP contribution in [0, 0.1) is 0 Å². The number of nitrogens with one attached hydrogen (secondary N) is 2. The molecule has 11 heteroatoms. The van der Waals surface area contributed by atoms with Crippen LogP contribution in [0.15, 0.2) is 67.8 Å². The highest BCUT2D eigenvalue weighted by molar-refractivity contribution is 9.10. The van der Waals surface area contributed by atoms with Gasteiger partial charge in [-0.05, 0) is 48.5 Å². The average molecular weight is 476 g/mol. The summed E-state index contributed by atoms with van der Waals surface area (Å²) in [5, 5.41) is 0.366. The summed E-state index contributed by atoms with van der Waals surface area (Å²) >= 11 is 4.59. The summed E-state index contributed by atoms with van der Waals surface area (Å²) in [6, 6.07) is 11.6. The lowest BCUT2D eigenvalue weighted by atomic mass is 10.3. The largest absolute Gasteiger partial charge is 0.280 e. The Kier molecular flexibility index (Phi) is 5.61. The van der Waals surface area contributed by atoms with Gasteiger partial charge in [0.25, 0.3) is 20.0 Å². The minimum absolute atomic E-state index is 0.0271. The van der Waals surface area contributed by atoms with Gasteiger partial charge in [-0.2, -0.15) is 0 Å². The van der Waals surface area contributed by atoms with E-state index in [2.05, 4.69) is 30.4 Å². The van der Waals surface area contributed by atoms with Crippen molar-refractivity contribution in [3.8, 4) is 0 Å². The summed E-state index contributed by atoms with van der Waals surface area (Å²) in [7, 11) is -7.50. The highest BCUT2D eigenvalue weighted by atomic mass is 79.9. The monoisotopic (exact) mass is 475 g/mol. The van der Waals surface area contributed by atoms with Crippen molar-refractivity contribution in [2.75, 3.05) is 17.0 Å². The maximum absolute atomic E-state index is 12.3. The molecule has 26 heavy (non-hydrogen) atoms. The first-order chi connectivity index (χ1) is 12.3. The molecule has 0 fully saturated rings. The third-order valence-corrected chi connectivity index (χ3v) is 7.65. The van der Waals surface area contributed by atoms with Crippen LogP contribution in [0.1, 0.15) is 0 Å². The van der Waals surface area contributed by atoms with E-state index in [4.69, 9.17) is 0 Å². The summed E-state index contributed by atoms with van der Waals surface area (Å²) in [5.74, 6) is 0.745. The van der Waals surface area contributed by atoms with Crippen LogP contribution in [-0.2, 0) is 20.0 Å². The first kappa shape index (κ1) is 19.2. The van der Waals surface area contributed by atoms with E-state index in [1.54, 1.807) is 12.1 Å². The minimum atomic E-state index is -3.76. The fourth-order valence-corrected chi connectivity index (χ4v) is 5.45. The molecule has 138 valence electrons. The molecule has 2 aromatic rings. The van der Waals surface area contributed by atoms with Crippen LogP contribution in [0.5, 0.6) is 0 Å². The number of anilines is 1. The van der Waals surface area contributed by atoms with Gasteiger partial charge in [0.15, 0.2) is 5.17 Å². The molecule has 0 amide bonds. The number of thioether (sulfide) groups is 1. The van der Waals surface area contributed by atoms with Gasteiger partial charge < -0.3 is 0 Å². The number of hydrogen-bond donors (Lipinski definition) is 2. The molecule has 0 saturated carbocycles. The lowest BCUT2D eigenvalue weighted by molar-refractivity contribution is 0.592. The number of benzene rings is 2. The second kappa shape index (κ2) is 7.59. The van der Waals surface area contributed by atoms with Crippen LogP contribution in [0.4, 0.5) is 5.69 Å². The van der Waals surface area contributed by atoms with Crippen LogP contribution in [0.25, 0.3) is 0 Å². The van der Waals surface area contributed by atoms with Gasteiger partial charge in [0.05, 0.1) is 16.3 Å². The SMILES string of the molecule is O=S(=O)(NC1=NCCS1)c1ccc(NS(=O)(=O)c2ccc(Br)cc2)cc1. The summed E-state index contributed by atoms with van der Waals surface area (Å²) in [6.07, 6.45) is 0. The Morgan fingerprint density at radius 1 is 0.846 bits per heavy atom. The highest BCUT2D eigenvalue weighted by Crippen LogP contribution is 2.21. The lowest BCUT2D eigenvalue weighted by Gasteiger charge is -2.10. The van der Waals surface area contributed by atoms with Crippen LogP contribution >= 0.6 is 27.7 Å². The number of nitrogens with zero attached hydrogens (tertiary/aromatic N) is 1. The second-order valence-electron chi connectivity index (χ2n) is 5.22. The van der Waals surface area contributed by atoms with Crippen molar-refractivity contribution in [3.05, 3.63) is 53.0 Å². The average Bonchev–Trinajstić information content (AvgIpc) is 3.07. The van der Waals surface area contributed by atoms with Gasteiger partial charge in [-0.15, -0.1) is 0 Å². The molecule has 0 radical (unpaired) electrons. The molecule has 1 aliphatic heterocycles. The highest BCUT2D eigenvalue weighted by Gasteiger charge is 2.19. The Balaban J connectivity index is 1.76. The molecular weight excluding hydrogens is 462 g/mol. The van der Waals surface area contributed by atoms with E-state index in [0.717, 1.165) is 10.2 Å². The molecule has 7 nitrogen and oxygen atoms in total. The normalized spacial score (nSPS) is 14.7. The predicted octanol–water partition coefficient (Wildman–Crippen LogP) is 2.63. The molecule has 3 rings (SSSR count). The molecule has 0 spiro atoms. The molecule has 0 unspecified atom stereocenters. The Bertz CT molecular complexity index is 1030. The van der Waals surface area contributed by atoms with Gasteiger partial charge in [-0.1, -0.05) is 27.7 Å². The van der Waals surface area contributed by atoms with Crippen molar-refractivity contribution >= 4 is 58.6 Å². The van der Waals surface area contributed by atoms with E-state index < -0.39 is 20.0 Å². The molecule has 0 bridgehead atoms. The molecule has 1 heterocycles. The first-order valence-corrected chi connectivity index (χ1v) is 12.1. The van der Waals surface area contributed by atoms with E-state index in [-0.39, 0.29) is 15.5 Å². The molecule has 0 atom stereocenters. The number of rotatable bonds is 5. The summed E-state index contributed by atoms with van der Waals surface area (Å²) < 4.78 is 54.9. The van der Waals surface area contributed by atoms with Gasteiger partial charge >= 0.3 is 0 Å². The van der Waals surface area contributed by atoms with Gasteiger partial charge in [0.2, 0.25) is 0 Å². The molecule has 0 saturated heterocycles. The molecule has 2 N–H and O–H groups in total. The van der Waals surface area contributed by atoms with Crippen LogP contribution < -0.4 is 9.44 Å². The lowest BCUT2D eigenvalue weighted by Crippen LogP contribution is -2.27. The zero-order valence-corrected chi connectivity index (χ0v) is 17.3. The number of halogens is 1. The van der Waals surface area contributed by atoms with Crippen molar-refractivity contribution in [3.63, 3.8) is 0 Å². The zero-order chi connectivity index (χ0) is 18.8. The zero-order valence-electron chi connectivity index (χ0n) is 13.2. The topological polar surface area (TPSA) is 105 Å². The fourth-order valence-electron chi connectivity index (χ4n) is 2.10. The second-order valence-corrected chi connectivity index (χ2v) is 10.6. The Morgan fingerprint density at radius 2 is 1.38 bits per heavy atom. The van der Waals surface area contributed by atoms with Gasteiger partial charge in [-0.3, -0.25) is 14.4 Å². The van der Waals surface area contributed by atoms with Crippen molar-refractivity contribution in [2.24, 2.45) is 4.99 Å². The molecule has 0 aliphatic carbocycles. The number of sulfonamides is 2. The maximum atomic E-state index is 12.3. The van der Waals surface area contributed by atoms with Gasteiger partial charge in [-0.25, -0.2) is 16.8 Å². The standard InChI is InChI=1S/C15H14BrN3O4S3/c16-11-1-5-13(6-2-11)25(20,21)18-12-3-7-14(8-4-12)26(22,23)19-15-17-9-10-24-15/h1-8,18H,9-10H2,(H,17,19). The molecule has 0 aromatic heterocycles. The molecule has 1 aliphatic rings. The number of amidine groups is 1. The third-order valence-electron chi connectivity index (χ3n) is 3.35. The van der Waals surface area contributed by atoms with Crippen molar-refractivity contribution < 1.29 is 16.8 Å². The quantitative estimate of drug-likeness (QED) is 0.691. The third kappa shape index (κ3) is 4.58. The van der Waals surface area contributed by atoms with Crippen LogP contribution in [-0.4, -0.2) is 34.3 Å². The molecular formula is C15H14BrN3O4S3. The minimum Gasteiger partial charge on any atom is -0.280 e. The summed E-state index contributed by atoms with van der Waals surface area (Å²) in [4.78, 5) is 4.18. The Morgan fingerprint density at radius 3 is 1.92 bits per heavy atom. The van der Waals surface area contributed by atoms with E-state index in [0.29, 0.717) is 11.7 Å². The molecule has 2 aromatic carbocycles. The summed E-state index contributed by atoms with van der Waals surface area (Å²) in [5.41, 5.74) is 0.263. The van der Waals surface area contributed by atoms with Gasteiger partial charge in [0.1, 0.15) is 0 Å². The number of aliphatic imine (C=N–C) groups is 1. The van der Waals surface area contributed by atoms with E-state index in [9.17, 15) is 16.8 Å². The van der Waals surface area contributed by atoms with Crippen molar-refractivity contribution in [2.45, 2.75) is 9.79 Å². The Labute approximate surface area is 164 Å². The predicted molar refractivity (Wildman–Crippen MR) is 106 cm³/mol. The van der Waals surface area contributed by atoms with E-state index in [1.165, 1.54) is 48.2 Å². The Hall–Kier alpha value is -1.56.